The summed E-state index contributed by atoms with van der Waals surface area (Å²) < 4.78 is 18.6. The summed E-state index contributed by atoms with van der Waals surface area (Å²) in [5.74, 6) is 2.87. The minimum atomic E-state index is 0.438. The first-order valence-corrected chi connectivity index (χ1v) is 9.33. The van der Waals surface area contributed by atoms with E-state index < -0.39 is 0 Å². The maximum Gasteiger partial charge on any atom is 0.234 e. The van der Waals surface area contributed by atoms with Crippen molar-refractivity contribution < 1.29 is 14.2 Å². The molecule has 2 aromatic carbocycles. The molecular formula is C22H19N5O3. The van der Waals surface area contributed by atoms with Crippen molar-refractivity contribution in [2.24, 2.45) is 7.05 Å². The van der Waals surface area contributed by atoms with Crippen LogP contribution in [0.15, 0.2) is 54.9 Å². The van der Waals surface area contributed by atoms with E-state index >= 15 is 0 Å². The largest absolute Gasteiger partial charge is 0.493 e. The fourth-order valence-electron chi connectivity index (χ4n) is 3.38. The highest BCUT2D eigenvalue weighted by Crippen LogP contribution is 2.34. The molecule has 1 N–H and O–H groups in total. The quantitative estimate of drug-likeness (QED) is 0.472. The van der Waals surface area contributed by atoms with Crippen LogP contribution < -0.4 is 14.2 Å². The van der Waals surface area contributed by atoms with Gasteiger partial charge in [0.1, 0.15) is 11.1 Å². The van der Waals surface area contributed by atoms with Crippen LogP contribution in [-0.2, 0) is 7.05 Å². The van der Waals surface area contributed by atoms with E-state index in [1.165, 1.54) is 0 Å². The van der Waals surface area contributed by atoms with Crippen LogP contribution in [-0.4, -0.2) is 39.0 Å². The third-order valence-electron chi connectivity index (χ3n) is 4.94. The number of aryl methyl sites for hydroxylation is 1. The molecule has 0 unspecified atom stereocenters. The second-order valence-electron chi connectivity index (χ2n) is 6.76. The lowest BCUT2D eigenvalue weighted by atomic mass is 10.2. The molecule has 0 bridgehead atoms. The van der Waals surface area contributed by atoms with Crippen molar-refractivity contribution in [3.63, 3.8) is 0 Å². The Morgan fingerprint density at radius 1 is 0.933 bits per heavy atom. The molecule has 0 atom stereocenters. The van der Waals surface area contributed by atoms with E-state index in [9.17, 15) is 0 Å². The number of nitrogens with one attached hydrogen (secondary N) is 1. The lowest BCUT2D eigenvalue weighted by Gasteiger charge is -2.11. The smallest absolute Gasteiger partial charge is 0.234 e. The van der Waals surface area contributed by atoms with Crippen molar-refractivity contribution in [3.8, 4) is 34.5 Å². The van der Waals surface area contributed by atoms with Gasteiger partial charge in [0.05, 0.1) is 20.4 Å². The van der Waals surface area contributed by atoms with Crippen LogP contribution in [0.2, 0.25) is 0 Å². The summed E-state index contributed by atoms with van der Waals surface area (Å²) in [6, 6.07) is 13.4. The molecule has 8 nitrogen and oxygen atoms in total. The predicted octanol–water partition coefficient (Wildman–Crippen LogP) is 4.32. The standard InChI is InChI=1S/C22H19N5O3/c1-27-21-16(12-24-27)22(30-15-5-6-17-13(10-15)8-9-23-17)26-20(25-21)14-4-7-18(28-2)19(11-14)29-3/h4-12,23H,1-3H3. The third kappa shape index (κ3) is 2.98. The molecule has 150 valence electrons. The summed E-state index contributed by atoms with van der Waals surface area (Å²) in [4.78, 5) is 12.6. The number of methoxy groups -OCH3 is 2. The zero-order chi connectivity index (χ0) is 20.7. The van der Waals surface area contributed by atoms with Crippen molar-refractivity contribution in [1.82, 2.24) is 24.7 Å². The van der Waals surface area contributed by atoms with Crippen molar-refractivity contribution in [2.75, 3.05) is 14.2 Å². The number of aromatic amines is 1. The Morgan fingerprint density at radius 2 is 1.80 bits per heavy atom. The fraction of sp³-hybridized carbons (Fsp3) is 0.136. The second-order valence-corrected chi connectivity index (χ2v) is 6.76. The minimum absolute atomic E-state index is 0.438. The summed E-state index contributed by atoms with van der Waals surface area (Å²) >= 11 is 0. The van der Waals surface area contributed by atoms with Gasteiger partial charge in [0.15, 0.2) is 23.0 Å². The van der Waals surface area contributed by atoms with E-state index in [0.29, 0.717) is 34.6 Å². The number of rotatable bonds is 5. The Bertz CT molecular complexity index is 1370. The van der Waals surface area contributed by atoms with E-state index in [-0.39, 0.29) is 0 Å². The van der Waals surface area contributed by atoms with Gasteiger partial charge in [-0.25, -0.2) is 4.98 Å². The highest BCUT2D eigenvalue weighted by Gasteiger charge is 2.16. The topological polar surface area (TPSA) is 87.1 Å². The first-order chi connectivity index (χ1) is 14.7. The van der Waals surface area contributed by atoms with Gasteiger partial charge in [0, 0.05) is 29.7 Å². The van der Waals surface area contributed by atoms with Crippen LogP contribution in [0.3, 0.4) is 0 Å². The molecule has 0 fully saturated rings. The summed E-state index contributed by atoms with van der Waals surface area (Å²) in [5, 5.41) is 6.11. The average molecular weight is 401 g/mol. The van der Waals surface area contributed by atoms with Crippen LogP contribution in [0.1, 0.15) is 0 Å². The Kier molecular flexibility index (Phi) is 4.24. The molecule has 5 aromatic rings. The van der Waals surface area contributed by atoms with E-state index in [2.05, 4.69) is 20.1 Å². The Hall–Kier alpha value is -4.07. The van der Waals surface area contributed by atoms with Crippen molar-refractivity contribution in [3.05, 3.63) is 54.9 Å². The van der Waals surface area contributed by atoms with Gasteiger partial charge in [-0.05, 0) is 42.5 Å². The van der Waals surface area contributed by atoms with Crippen LogP contribution in [0, 0.1) is 0 Å². The molecule has 0 spiro atoms. The van der Waals surface area contributed by atoms with E-state index in [4.69, 9.17) is 14.2 Å². The number of hydrogen-bond acceptors (Lipinski definition) is 6. The SMILES string of the molecule is COc1ccc(-c2nc(Oc3ccc4[nH]ccc4c3)c3cnn(C)c3n2)cc1OC. The molecule has 8 heteroatoms. The molecule has 0 aliphatic heterocycles. The number of nitrogens with zero attached hydrogens (tertiary/aromatic N) is 4. The molecule has 0 saturated heterocycles. The number of hydrogen-bond donors (Lipinski definition) is 1. The zero-order valence-electron chi connectivity index (χ0n) is 16.7. The molecule has 30 heavy (non-hydrogen) atoms. The van der Waals surface area contributed by atoms with Crippen LogP contribution in [0.5, 0.6) is 23.1 Å². The molecule has 0 radical (unpaired) electrons. The fourth-order valence-corrected chi connectivity index (χ4v) is 3.38. The van der Waals surface area contributed by atoms with Crippen molar-refractivity contribution >= 4 is 21.9 Å². The molecular weight excluding hydrogens is 382 g/mol. The molecule has 3 heterocycles. The minimum Gasteiger partial charge on any atom is -0.493 e. The number of aromatic nitrogens is 5. The monoisotopic (exact) mass is 401 g/mol. The van der Waals surface area contributed by atoms with Crippen LogP contribution >= 0.6 is 0 Å². The lowest BCUT2D eigenvalue weighted by molar-refractivity contribution is 0.355. The first kappa shape index (κ1) is 18.0. The summed E-state index contributed by atoms with van der Waals surface area (Å²) in [5.41, 5.74) is 2.50. The van der Waals surface area contributed by atoms with Gasteiger partial charge in [-0.1, -0.05) is 0 Å². The van der Waals surface area contributed by atoms with Crippen molar-refractivity contribution in [1.29, 1.82) is 0 Å². The van der Waals surface area contributed by atoms with Crippen LogP contribution in [0.25, 0.3) is 33.3 Å². The van der Waals surface area contributed by atoms with Crippen LogP contribution in [0.4, 0.5) is 0 Å². The van der Waals surface area contributed by atoms with Gasteiger partial charge in [0.2, 0.25) is 5.88 Å². The highest BCUT2D eigenvalue weighted by atomic mass is 16.5. The Balaban J connectivity index is 1.63. The van der Waals surface area contributed by atoms with Gasteiger partial charge < -0.3 is 19.2 Å². The van der Waals surface area contributed by atoms with Gasteiger partial charge in [-0.3, -0.25) is 4.68 Å². The van der Waals surface area contributed by atoms with Gasteiger partial charge in [-0.15, -0.1) is 0 Å². The van der Waals surface area contributed by atoms with Gasteiger partial charge in [0.25, 0.3) is 0 Å². The van der Waals surface area contributed by atoms with E-state index in [1.54, 1.807) is 25.1 Å². The molecule has 0 aliphatic carbocycles. The highest BCUT2D eigenvalue weighted by molar-refractivity contribution is 5.84. The molecule has 0 amide bonds. The lowest BCUT2D eigenvalue weighted by Crippen LogP contribution is -1.99. The van der Waals surface area contributed by atoms with Gasteiger partial charge in [-0.2, -0.15) is 10.1 Å². The Morgan fingerprint density at radius 3 is 2.63 bits per heavy atom. The normalized spacial score (nSPS) is 11.2. The molecule has 3 aromatic heterocycles. The first-order valence-electron chi connectivity index (χ1n) is 9.33. The van der Waals surface area contributed by atoms with E-state index in [1.807, 2.05) is 55.7 Å². The third-order valence-corrected chi connectivity index (χ3v) is 4.94. The number of H-pyrrole nitrogens is 1. The second kappa shape index (κ2) is 7.07. The zero-order valence-corrected chi connectivity index (χ0v) is 16.7. The number of fused-ring (bicyclic) bond motifs is 2. The predicted molar refractivity (Wildman–Crippen MR) is 113 cm³/mol. The molecule has 0 aliphatic rings. The summed E-state index contributed by atoms with van der Waals surface area (Å²) in [7, 11) is 5.03. The summed E-state index contributed by atoms with van der Waals surface area (Å²) in [6.07, 6.45) is 3.60. The maximum atomic E-state index is 6.17. The maximum absolute atomic E-state index is 6.17. The molecule has 5 rings (SSSR count). The number of benzene rings is 2. The summed E-state index contributed by atoms with van der Waals surface area (Å²) in [6.45, 7) is 0. The average Bonchev–Trinajstić information content (AvgIpc) is 3.39. The molecule has 0 saturated carbocycles. The number of ether oxygens (including phenoxy) is 3. The van der Waals surface area contributed by atoms with Gasteiger partial charge >= 0.3 is 0 Å². The van der Waals surface area contributed by atoms with Crippen molar-refractivity contribution in [2.45, 2.75) is 0 Å². The Labute approximate surface area is 172 Å². The van der Waals surface area contributed by atoms with E-state index in [0.717, 1.165) is 21.9 Å².